The Hall–Kier alpha value is -2.17. The Balaban J connectivity index is 3.58. The van der Waals surface area contributed by atoms with Gasteiger partial charge >= 0.3 is 5.97 Å². The van der Waals surface area contributed by atoms with Crippen LogP contribution < -0.4 is 0 Å². The molecule has 162 valence electrons. The van der Waals surface area contributed by atoms with E-state index in [2.05, 4.69) is 67.7 Å². The van der Waals surface area contributed by atoms with Crippen molar-refractivity contribution >= 4 is 5.97 Å². The molecule has 0 spiro atoms. The van der Waals surface area contributed by atoms with E-state index >= 15 is 0 Å². The van der Waals surface area contributed by atoms with Crippen LogP contribution in [0.3, 0.4) is 0 Å². The summed E-state index contributed by atoms with van der Waals surface area (Å²) in [6.07, 6.45) is 31.4. The lowest BCUT2D eigenvalue weighted by Gasteiger charge is -2.07. The van der Waals surface area contributed by atoms with Crippen LogP contribution in [0.2, 0.25) is 0 Å². The van der Waals surface area contributed by atoms with Crippen molar-refractivity contribution in [1.82, 2.24) is 0 Å². The van der Waals surface area contributed by atoms with Crippen molar-refractivity contribution in [3.05, 3.63) is 72.9 Å². The standard InChI is InChI=1S/C25H38O4/c1-2-3-4-5-6-7-8-9-10-11-12-13-14-15-16-17-18-19-20-21-25(28)29-23-24(27)22-26/h3-4,6-7,9-10,12-13,15-16,18-19,24,26-27H,2,5,8,11,14,17,20-23H2,1H3/b4-3+,7-6+,10-9+,13-12-,16-15+,19-18+. The van der Waals surface area contributed by atoms with E-state index in [1.165, 1.54) is 0 Å². The topological polar surface area (TPSA) is 66.8 Å². The summed E-state index contributed by atoms with van der Waals surface area (Å²) in [5.41, 5.74) is 0. The van der Waals surface area contributed by atoms with Gasteiger partial charge in [0.15, 0.2) is 0 Å². The van der Waals surface area contributed by atoms with Crippen molar-refractivity contribution in [1.29, 1.82) is 0 Å². The zero-order chi connectivity index (χ0) is 21.4. The Labute approximate surface area is 176 Å². The maximum Gasteiger partial charge on any atom is 0.306 e. The van der Waals surface area contributed by atoms with Crippen LogP contribution in [0.1, 0.15) is 58.3 Å². The van der Waals surface area contributed by atoms with Crippen LogP contribution in [0.4, 0.5) is 0 Å². The molecule has 1 atom stereocenters. The van der Waals surface area contributed by atoms with Gasteiger partial charge in [-0.15, -0.1) is 0 Å². The van der Waals surface area contributed by atoms with E-state index in [1.807, 2.05) is 12.2 Å². The number of aliphatic hydroxyl groups is 2. The van der Waals surface area contributed by atoms with Crippen LogP contribution in [0.5, 0.6) is 0 Å². The molecule has 0 bridgehead atoms. The minimum atomic E-state index is -0.996. The van der Waals surface area contributed by atoms with Gasteiger partial charge in [-0.1, -0.05) is 79.8 Å². The van der Waals surface area contributed by atoms with Crippen molar-refractivity contribution in [2.24, 2.45) is 0 Å². The third kappa shape index (κ3) is 22.0. The monoisotopic (exact) mass is 402 g/mol. The van der Waals surface area contributed by atoms with E-state index in [-0.39, 0.29) is 19.0 Å². The number of aliphatic hydroxyl groups excluding tert-OH is 2. The highest BCUT2D eigenvalue weighted by Gasteiger charge is 2.06. The lowest BCUT2D eigenvalue weighted by Crippen LogP contribution is -2.21. The molecule has 2 N–H and O–H groups in total. The molecule has 0 heterocycles. The first-order valence-corrected chi connectivity index (χ1v) is 10.5. The minimum Gasteiger partial charge on any atom is -0.463 e. The summed E-state index contributed by atoms with van der Waals surface area (Å²) in [4.78, 5) is 11.4. The van der Waals surface area contributed by atoms with Crippen LogP contribution in [-0.4, -0.2) is 35.5 Å². The third-order valence-electron chi connectivity index (χ3n) is 3.76. The second kappa shape index (κ2) is 22.1. The first kappa shape index (κ1) is 26.8. The minimum absolute atomic E-state index is 0.154. The number of hydrogen-bond acceptors (Lipinski definition) is 4. The first-order chi connectivity index (χ1) is 14.2. The normalized spacial score (nSPS) is 13.9. The summed E-state index contributed by atoms with van der Waals surface area (Å²) in [7, 11) is 0. The molecule has 0 amide bonds. The molecule has 4 heteroatoms. The van der Waals surface area contributed by atoms with Crippen LogP contribution in [0.25, 0.3) is 0 Å². The third-order valence-corrected chi connectivity index (χ3v) is 3.76. The SMILES string of the molecule is CC/C=C/C/C=C/C/C=C/C/C=C\C/C=C/C/C=C/CCC(=O)OCC(O)CO. The molecule has 1 unspecified atom stereocenters. The lowest BCUT2D eigenvalue weighted by atomic mass is 10.2. The molecule has 0 aromatic carbocycles. The van der Waals surface area contributed by atoms with Gasteiger partial charge < -0.3 is 14.9 Å². The fraction of sp³-hybridized carbons (Fsp3) is 0.480. The molecule has 0 aliphatic rings. The molecule has 29 heavy (non-hydrogen) atoms. The summed E-state index contributed by atoms with van der Waals surface area (Å²) in [6.45, 7) is 1.59. The average Bonchev–Trinajstić information content (AvgIpc) is 2.73. The van der Waals surface area contributed by atoms with Gasteiger partial charge in [-0.25, -0.2) is 0 Å². The summed E-state index contributed by atoms with van der Waals surface area (Å²) < 4.78 is 4.82. The Morgan fingerprint density at radius 1 is 0.759 bits per heavy atom. The molecule has 0 fully saturated rings. The molecule has 0 aliphatic heterocycles. The van der Waals surface area contributed by atoms with Crippen LogP contribution in [-0.2, 0) is 9.53 Å². The summed E-state index contributed by atoms with van der Waals surface area (Å²) in [6, 6.07) is 0. The van der Waals surface area contributed by atoms with Crippen LogP contribution >= 0.6 is 0 Å². The van der Waals surface area contributed by atoms with Gasteiger partial charge in [0.25, 0.3) is 0 Å². The summed E-state index contributed by atoms with van der Waals surface area (Å²) >= 11 is 0. The first-order valence-electron chi connectivity index (χ1n) is 10.5. The molecule has 0 aromatic heterocycles. The number of rotatable bonds is 17. The van der Waals surface area contributed by atoms with E-state index in [0.717, 1.165) is 38.5 Å². The Morgan fingerprint density at radius 3 is 1.59 bits per heavy atom. The van der Waals surface area contributed by atoms with Crippen molar-refractivity contribution in [3.8, 4) is 0 Å². The zero-order valence-electron chi connectivity index (χ0n) is 17.8. The molecule has 0 saturated heterocycles. The number of ether oxygens (including phenoxy) is 1. The van der Waals surface area contributed by atoms with E-state index in [0.29, 0.717) is 6.42 Å². The number of allylic oxidation sites excluding steroid dienone is 12. The smallest absolute Gasteiger partial charge is 0.306 e. The Morgan fingerprint density at radius 2 is 1.17 bits per heavy atom. The Bertz CT molecular complexity index is 553. The van der Waals surface area contributed by atoms with E-state index in [4.69, 9.17) is 14.9 Å². The van der Waals surface area contributed by atoms with E-state index < -0.39 is 12.7 Å². The predicted molar refractivity (Wildman–Crippen MR) is 122 cm³/mol. The fourth-order valence-corrected chi connectivity index (χ4v) is 2.15. The number of esters is 1. The largest absolute Gasteiger partial charge is 0.463 e. The van der Waals surface area contributed by atoms with Crippen LogP contribution in [0.15, 0.2) is 72.9 Å². The highest BCUT2D eigenvalue weighted by Crippen LogP contribution is 1.99. The lowest BCUT2D eigenvalue weighted by molar-refractivity contribution is -0.147. The molecule has 0 saturated carbocycles. The molecule has 0 rings (SSSR count). The number of carbonyl (C=O) groups excluding carboxylic acids is 1. The molecular weight excluding hydrogens is 364 g/mol. The van der Waals surface area contributed by atoms with Gasteiger partial charge in [0.05, 0.1) is 6.61 Å². The maximum absolute atomic E-state index is 11.4. The molecular formula is C25H38O4. The van der Waals surface area contributed by atoms with Crippen molar-refractivity contribution in [2.45, 2.75) is 64.4 Å². The van der Waals surface area contributed by atoms with E-state index in [1.54, 1.807) is 0 Å². The van der Waals surface area contributed by atoms with Gasteiger partial charge in [-0.2, -0.15) is 0 Å². The number of hydrogen-bond donors (Lipinski definition) is 2. The Kier molecular flexibility index (Phi) is 20.5. The quantitative estimate of drug-likeness (QED) is 0.254. The maximum atomic E-state index is 11.4. The molecule has 0 radical (unpaired) electrons. The average molecular weight is 403 g/mol. The van der Waals surface area contributed by atoms with E-state index in [9.17, 15) is 4.79 Å². The van der Waals surface area contributed by atoms with Gasteiger partial charge in [0, 0.05) is 6.42 Å². The predicted octanol–water partition coefficient (Wildman–Crippen LogP) is 5.36. The van der Waals surface area contributed by atoms with Crippen LogP contribution in [0, 0.1) is 0 Å². The molecule has 0 aromatic rings. The highest BCUT2D eigenvalue weighted by molar-refractivity contribution is 5.69. The molecule has 4 nitrogen and oxygen atoms in total. The van der Waals surface area contributed by atoms with Gasteiger partial charge in [-0.05, 0) is 44.9 Å². The van der Waals surface area contributed by atoms with Crippen molar-refractivity contribution < 1.29 is 19.7 Å². The van der Waals surface area contributed by atoms with Gasteiger partial charge in [0.2, 0.25) is 0 Å². The fourth-order valence-electron chi connectivity index (χ4n) is 2.15. The second-order valence-corrected chi connectivity index (χ2v) is 6.47. The van der Waals surface area contributed by atoms with Crippen molar-refractivity contribution in [2.75, 3.05) is 13.2 Å². The van der Waals surface area contributed by atoms with Crippen molar-refractivity contribution in [3.63, 3.8) is 0 Å². The highest BCUT2D eigenvalue weighted by atomic mass is 16.5. The molecule has 0 aliphatic carbocycles. The zero-order valence-corrected chi connectivity index (χ0v) is 17.8. The van der Waals surface area contributed by atoms with Gasteiger partial charge in [0.1, 0.15) is 12.7 Å². The van der Waals surface area contributed by atoms with Gasteiger partial charge in [-0.3, -0.25) is 4.79 Å². The summed E-state index contributed by atoms with van der Waals surface area (Å²) in [5, 5.41) is 17.7. The number of carbonyl (C=O) groups is 1. The summed E-state index contributed by atoms with van der Waals surface area (Å²) in [5.74, 6) is -0.364. The second-order valence-electron chi connectivity index (χ2n) is 6.47.